The monoisotopic (exact) mass is 209 g/mol. The van der Waals surface area contributed by atoms with Gasteiger partial charge in [0, 0.05) is 18.5 Å². The van der Waals surface area contributed by atoms with Crippen LogP contribution in [0.4, 0.5) is 0 Å². The third-order valence-electron chi connectivity index (χ3n) is 2.55. The molecule has 1 rings (SSSR count). The molecule has 1 saturated heterocycles. The first-order valence-corrected chi connectivity index (χ1v) is 5.68. The lowest BCUT2D eigenvalue weighted by Gasteiger charge is -2.37. The number of rotatable bonds is 1. The van der Waals surface area contributed by atoms with Gasteiger partial charge in [-0.25, -0.2) is 0 Å². The lowest BCUT2D eigenvalue weighted by molar-refractivity contribution is 0.00731. The number of ether oxygens (including phenoxy) is 1. The van der Waals surface area contributed by atoms with Crippen LogP contribution < -0.4 is 0 Å². The predicted molar refractivity (Wildman–Crippen MR) is 63.7 cm³/mol. The zero-order valence-electron chi connectivity index (χ0n) is 10.7. The van der Waals surface area contributed by atoms with Gasteiger partial charge >= 0.3 is 0 Å². The van der Waals surface area contributed by atoms with Crippen molar-refractivity contribution in [3.05, 3.63) is 0 Å². The van der Waals surface area contributed by atoms with E-state index in [0.29, 0.717) is 0 Å². The summed E-state index contributed by atoms with van der Waals surface area (Å²) in [5.74, 6) is 6.72. The van der Waals surface area contributed by atoms with Gasteiger partial charge in [-0.1, -0.05) is 11.8 Å². The van der Waals surface area contributed by atoms with Gasteiger partial charge in [-0.3, -0.25) is 4.90 Å². The molecule has 1 heterocycles. The van der Waals surface area contributed by atoms with Gasteiger partial charge in [0.15, 0.2) is 0 Å². The van der Waals surface area contributed by atoms with Crippen LogP contribution in [0.15, 0.2) is 0 Å². The third kappa shape index (κ3) is 4.24. The second-order valence-corrected chi connectivity index (χ2v) is 5.66. The normalized spacial score (nSPS) is 19.5. The Labute approximate surface area is 94.0 Å². The Morgan fingerprint density at radius 3 is 1.93 bits per heavy atom. The molecule has 0 amide bonds. The van der Waals surface area contributed by atoms with Crippen molar-refractivity contribution in [2.75, 3.05) is 26.3 Å². The van der Waals surface area contributed by atoms with Crippen LogP contribution in [-0.4, -0.2) is 36.7 Å². The second kappa shape index (κ2) is 4.55. The zero-order chi connectivity index (χ0) is 11.5. The Balaban J connectivity index is 2.67. The molecule has 0 aromatic carbocycles. The summed E-state index contributed by atoms with van der Waals surface area (Å²) >= 11 is 0. The molecule has 2 heteroatoms. The first kappa shape index (κ1) is 12.5. The smallest absolute Gasteiger partial charge is 0.0770 e. The van der Waals surface area contributed by atoms with Gasteiger partial charge in [0.1, 0.15) is 0 Å². The summed E-state index contributed by atoms with van der Waals surface area (Å²) in [6.45, 7) is 14.5. The molecule has 1 aliphatic heterocycles. The molecule has 0 atom stereocenters. The minimum Gasteiger partial charge on any atom is -0.379 e. The van der Waals surface area contributed by atoms with Crippen LogP contribution in [-0.2, 0) is 4.74 Å². The minimum absolute atomic E-state index is 0.0307. The van der Waals surface area contributed by atoms with Crippen molar-refractivity contribution >= 4 is 0 Å². The molecule has 2 nitrogen and oxygen atoms in total. The summed E-state index contributed by atoms with van der Waals surface area (Å²) in [5, 5.41) is 0. The first-order chi connectivity index (χ1) is 6.81. The summed E-state index contributed by atoms with van der Waals surface area (Å²) in [5.41, 5.74) is 0.0562. The highest BCUT2D eigenvalue weighted by Gasteiger charge is 2.26. The third-order valence-corrected chi connectivity index (χ3v) is 2.55. The molecule has 0 N–H and O–H groups in total. The Kier molecular flexibility index (Phi) is 3.81. The Hall–Kier alpha value is -0.520. The lowest BCUT2D eigenvalue weighted by Crippen LogP contribution is -2.49. The summed E-state index contributed by atoms with van der Waals surface area (Å²) in [6.07, 6.45) is 0. The quantitative estimate of drug-likeness (QED) is 0.614. The fraction of sp³-hybridized carbons (Fsp3) is 0.846. The highest BCUT2D eigenvalue weighted by molar-refractivity contribution is 5.18. The lowest BCUT2D eigenvalue weighted by atomic mass is 9.94. The molecule has 0 aromatic heterocycles. The molecule has 1 aliphatic rings. The van der Waals surface area contributed by atoms with E-state index in [1.165, 1.54) is 0 Å². The number of hydrogen-bond donors (Lipinski definition) is 0. The number of hydrogen-bond acceptors (Lipinski definition) is 2. The molecule has 1 fully saturated rings. The summed E-state index contributed by atoms with van der Waals surface area (Å²) in [7, 11) is 0. The summed E-state index contributed by atoms with van der Waals surface area (Å²) < 4.78 is 5.35. The zero-order valence-corrected chi connectivity index (χ0v) is 10.7. The van der Waals surface area contributed by atoms with Crippen molar-refractivity contribution in [2.24, 2.45) is 5.41 Å². The summed E-state index contributed by atoms with van der Waals surface area (Å²) in [4.78, 5) is 2.40. The molecule has 15 heavy (non-hydrogen) atoms. The molecular formula is C13H23NO. The van der Waals surface area contributed by atoms with E-state index in [1.807, 2.05) is 0 Å². The highest BCUT2D eigenvalue weighted by Crippen LogP contribution is 2.17. The van der Waals surface area contributed by atoms with Crippen molar-refractivity contribution in [3.8, 4) is 11.8 Å². The van der Waals surface area contributed by atoms with Gasteiger partial charge in [0.2, 0.25) is 0 Å². The summed E-state index contributed by atoms with van der Waals surface area (Å²) in [6, 6.07) is 0. The maximum Gasteiger partial charge on any atom is 0.0770 e. The van der Waals surface area contributed by atoms with Crippen LogP contribution in [0.2, 0.25) is 0 Å². The van der Waals surface area contributed by atoms with Gasteiger partial charge in [-0.05, 0) is 34.6 Å². The van der Waals surface area contributed by atoms with Crippen molar-refractivity contribution in [3.63, 3.8) is 0 Å². The van der Waals surface area contributed by atoms with E-state index in [0.717, 1.165) is 26.3 Å². The van der Waals surface area contributed by atoms with Gasteiger partial charge in [-0.15, -0.1) is 0 Å². The standard InChI is InChI=1S/C13H23NO/c1-12(2,3)6-7-13(4,5)14-8-10-15-11-9-14/h8-11H2,1-5H3. The van der Waals surface area contributed by atoms with E-state index >= 15 is 0 Å². The SMILES string of the molecule is CC(C)(C)C#CC(C)(C)N1CCOCC1. The molecule has 0 unspecified atom stereocenters. The Morgan fingerprint density at radius 1 is 0.933 bits per heavy atom. The average molecular weight is 209 g/mol. The van der Waals surface area contributed by atoms with E-state index in [-0.39, 0.29) is 11.0 Å². The van der Waals surface area contributed by atoms with Gasteiger partial charge in [0.05, 0.1) is 18.8 Å². The van der Waals surface area contributed by atoms with E-state index < -0.39 is 0 Å². The predicted octanol–water partition coefficient (Wildman–Crippen LogP) is 2.15. The van der Waals surface area contributed by atoms with E-state index in [2.05, 4.69) is 51.4 Å². The molecule has 0 spiro atoms. The van der Waals surface area contributed by atoms with Gasteiger partial charge < -0.3 is 4.74 Å². The molecule has 86 valence electrons. The van der Waals surface area contributed by atoms with Crippen molar-refractivity contribution in [1.82, 2.24) is 4.90 Å². The maximum absolute atomic E-state index is 5.35. The largest absolute Gasteiger partial charge is 0.379 e. The van der Waals surface area contributed by atoms with Crippen molar-refractivity contribution < 1.29 is 4.74 Å². The second-order valence-electron chi connectivity index (χ2n) is 5.66. The minimum atomic E-state index is -0.0307. The van der Waals surface area contributed by atoms with Crippen molar-refractivity contribution in [2.45, 2.75) is 40.2 Å². The first-order valence-electron chi connectivity index (χ1n) is 5.68. The van der Waals surface area contributed by atoms with Crippen LogP contribution in [0, 0.1) is 17.3 Å². The maximum atomic E-state index is 5.35. The molecule has 0 aromatic rings. The molecule has 0 saturated carbocycles. The van der Waals surface area contributed by atoms with Crippen LogP contribution in [0.1, 0.15) is 34.6 Å². The van der Waals surface area contributed by atoms with Crippen molar-refractivity contribution in [1.29, 1.82) is 0 Å². The topological polar surface area (TPSA) is 12.5 Å². The van der Waals surface area contributed by atoms with E-state index in [9.17, 15) is 0 Å². The molecule has 0 aliphatic carbocycles. The number of morpholine rings is 1. The van der Waals surface area contributed by atoms with E-state index in [4.69, 9.17) is 4.74 Å². The van der Waals surface area contributed by atoms with Gasteiger partial charge in [0.25, 0.3) is 0 Å². The van der Waals surface area contributed by atoms with Crippen LogP contribution in [0.3, 0.4) is 0 Å². The number of nitrogens with zero attached hydrogens (tertiary/aromatic N) is 1. The van der Waals surface area contributed by atoms with Gasteiger partial charge in [-0.2, -0.15) is 0 Å². The fourth-order valence-electron chi connectivity index (χ4n) is 1.54. The Morgan fingerprint density at radius 2 is 1.47 bits per heavy atom. The average Bonchev–Trinajstić information content (AvgIpc) is 2.16. The highest BCUT2D eigenvalue weighted by atomic mass is 16.5. The molecular weight excluding hydrogens is 186 g/mol. The van der Waals surface area contributed by atoms with Crippen LogP contribution >= 0.6 is 0 Å². The van der Waals surface area contributed by atoms with Crippen LogP contribution in [0.25, 0.3) is 0 Å². The fourth-order valence-corrected chi connectivity index (χ4v) is 1.54. The van der Waals surface area contributed by atoms with Crippen LogP contribution in [0.5, 0.6) is 0 Å². The van der Waals surface area contributed by atoms with E-state index in [1.54, 1.807) is 0 Å². The molecule has 0 bridgehead atoms. The molecule has 0 radical (unpaired) electrons. The Bertz CT molecular complexity index is 258.